The number of hydrogen-bond donors (Lipinski definition) is 1. The highest BCUT2D eigenvalue weighted by Crippen LogP contribution is 2.30. The summed E-state index contributed by atoms with van der Waals surface area (Å²) < 4.78 is 0. The van der Waals surface area contributed by atoms with Gasteiger partial charge in [-0.2, -0.15) is 0 Å². The van der Waals surface area contributed by atoms with Crippen molar-refractivity contribution in [2.45, 2.75) is 6.92 Å². The first-order valence-corrected chi connectivity index (χ1v) is 9.13. The normalized spacial score (nSPS) is 14.4. The lowest BCUT2D eigenvalue weighted by Crippen LogP contribution is -2.48. The van der Waals surface area contributed by atoms with Gasteiger partial charge in [0.1, 0.15) is 5.82 Å². The Labute approximate surface area is 162 Å². The monoisotopic (exact) mass is 382 g/mol. The second-order valence-electron chi connectivity index (χ2n) is 6.37. The van der Waals surface area contributed by atoms with E-state index in [1.807, 2.05) is 29.2 Å². The molecule has 138 valence electrons. The van der Waals surface area contributed by atoms with Crippen LogP contribution >= 0.6 is 11.6 Å². The third-order valence-corrected chi connectivity index (χ3v) is 4.91. The zero-order valence-corrected chi connectivity index (χ0v) is 15.6. The molecule has 0 atom stereocenters. The Hall–Kier alpha value is -2.93. The van der Waals surface area contributed by atoms with E-state index in [0.717, 1.165) is 16.8 Å². The van der Waals surface area contributed by atoms with Gasteiger partial charge in [0.2, 0.25) is 11.9 Å². The SMILES string of the molecule is CC(=O)N1CCN(c2ncc(-c3ncc[nH]3)c(-c3ccc(Cl)cc3)n2)CC1. The average Bonchev–Trinajstić information content (AvgIpc) is 3.23. The molecule has 1 aromatic carbocycles. The van der Waals surface area contributed by atoms with E-state index < -0.39 is 0 Å². The molecule has 0 aliphatic carbocycles. The first-order valence-electron chi connectivity index (χ1n) is 8.75. The third kappa shape index (κ3) is 3.64. The maximum atomic E-state index is 11.5. The second kappa shape index (κ2) is 7.36. The van der Waals surface area contributed by atoms with Crippen molar-refractivity contribution in [3.05, 3.63) is 47.9 Å². The fourth-order valence-corrected chi connectivity index (χ4v) is 3.29. The van der Waals surface area contributed by atoms with E-state index in [0.29, 0.717) is 43.0 Å². The van der Waals surface area contributed by atoms with Gasteiger partial charge in [0, 0.05) is 62.3 Å². The molecule has 1 aliphatic rings. The zero-order valence-electron chi connectivity index (χ0n) is 14.9. The number of carbonyl (C=O) groups excluding carboxylic acids is 1. The van der Waals surface area contributed by atoms with E-state index in [9.17, 15) is 4.79 Å². The van der Waals surface area contributed by atoms with Gasteiger partial charge in [-0.25, -0.2) is 15.0 Å². The van der Waals surface area contributed by atoms with Crippen LogP contribution in [0, 0.1) is 0 Å². The van der Waals surface area contributed by atoms with Crippen LogP contribution in [0.15, 0.2) is 42.9 Å². The van der Waals surface area contributed by atoms with E-state index in [1.165, 1.54) is 0 Å². The molecule has 0 bridgehead atoms. The molecule has 0 spiro atoms. The predicted octanol–water partition coefficient (Wildman–Crippen LogP) is 2.86. The van der Waals surface area contributed by atoms with Crippen LogP contribution in [-0.2, 0) is 4.79 Å². The molecule has 7 nitrogen and oxygen atoms in total. The molecule has 0 radical (unpaired) electrons. The number of amides is 1. The highest BCUT2D eigenvalue weighted by atomic mass is 35.5. The van der Waals surface area contributed by atoms with Gasteiger partial charge in [-0.15, -0.1) is 0 Å². The van der Waals surface area contributed by atoms with Crippen molar-refractivity contribution in [2.75, 3.05) is 31.1 Å². The van der Waals surface area contributed by atoms with Gasteiger partial charge in [0.15, 0.2) is 0 Å². The Morgan fingerprint density at radius 3 is 2.48 bits per heavy atom. The van der Waals surface area contributed by atoms with Crippen LogP contribution in [0.2, 0.25) is 5.02 Å². The van der Waals surface area contributed by atoms with Gasteiger partial charge in [0.05, 0.1) is 11.3 Å². The highest BCUT2D eigenvalue weighted by molar-refractivity contribution is 6.30. The quantitative estimate of drug-likeness (QED) is 0.753. The number of piperazine rings is 1. The molecule has 1 amide bonds. The van der Waals surface area contributed by atoms with Crippen LogP contribution in [-0.4, -0.2) is 56.9 Å². The van der Waals surface area contributed by atoms with E-state index in [2.05, 4.69) is 19.9 Å². The Bertz CT molecular complexity index is 933. The van der Waals surface area contributed by atoms with Crippen molar-refractivity contribution in [1.29, 1.82) is 0 Å². The summed E-state index contributed by atoms with van der Waals surface area (Å²) >= 11 is 6.04. The standard InChI is InChI=1S/C19H19ClN6O/c1-13(27)25-8-10-26(11-9-25)19-23-12-16(18-21-6-7-22-18)17(24-19)14-2-4-15(20)5-3-14/h2-7,12H,8-11H2,1H3,(H,21,22). The number of nitrogens with zero attached hydrogens (tertiary/aromatic N) is 5. The summed E-state index contributed by atoms with van der Waals surface area (Å²) in [4.78, 5) is 32.3. The number of rotatable bonds is 3. The number of imidazole rings is 1. The van der Waals surface area contributed by atoms with E-state index in [1.54, 1.807) is 25.5 Å². The summed E-state index contributed by atoms with van der Waals surface area (Å²) in [5.74, 6) is 1.47. The molecule has 1 saturated heterocycles. The first-order chi connectivity index (χ1) is 13.1. The Morgan fingerprint density at radius 1 is 1.11 bits per heavy atom. The van der Waals surface area contributed by atoms with E-state index >= 15 is 0 Å². The molecule has 3 heterocycles. The van der Waals surface area contributed by atoms with E-state index in [4.69, 9.17) is 16.6 Å². The predicted molar refractivity (Wildman–Crippen MR) is 105 cm³/mol. The van der Waals surface area contributed by atoms with Gasteiger partial charge < -0.3 is 14.8 Å². The van der Waals surface area contributed by atoms with Crippen molar-refractivity contribution in [1.82, 2.24) is 24.8 Å². The van der Waals surface area contributed by atoms with Crippen LogP contribution in [0.4, 0.5) is 5.95 Å². The fourth-order valence-electron chi connectivity index (χ4n) is 3.16. The van der Waals surface area contributed by atoms with Crippen LogP contribution in [0.1, 0.15) is 6.92 Å². The summed E-state index contributed by atoms with van der Waals surface area (Å²) in [5, 5.41) is 0.674. The number of aromatic amines is 1. The molecule has 0 unspecified atom stereocenters. The number of halogens is 1. The topological polar surface area (TPSA) is 78.0 Å². The lowest BCUT2D eigenvalue weighted by Gasteiger charge is -2.34. The number of hydrogen-bond acceptors (Lipinski definition) is 5. The van der Waals surface area contributed by atoms with Crippen molar-refractivity contribution in [2.24, 2.45) is 0 Å². The molecule has 4 rings (SSSR count). The van der Waals surface area contributed by atoms with Gasteiger partial charge >= 0.3 is 0 Å². The molecule has 2 aromatic heterocycles. The summed E-state index contributed by atoms with van der Waals surface area (Å²) in [6, 6.07) is 7.57. The maximum absolute atomic E-state index is 11.5. The van der Waals surface area contributed by atoms with Crippen LogP contribution in [0.5, 0.6) is 0 Å². The number of H-pyrrole nitrogens is 1. The summed E-state index contributed by atoms with van der Waals surface area (Å²) in [7, 11) is 0. The molecular weight excluding hydrogens is 364 g/mol. The average molecular weight is 383 g/mol. The number of carbonyl (C=O) groups is 1. The Kier molecular flexibility index (Phi) is 4.77. The molecule has 8 heteroatoms. The van der Waals surface area contributed by atoms with Crippen molar-refractivity contribution < 1.29 is 4.79 Å². The van der Waals surface area contributed by atoms with Crippen molar-refractivity contribution in [3.63, 3.8) is 0 Å². The van der Waals surface area contributed by atoms with Crippen molar-refractivity contribution >= 4 is 23.5 Å². The Morgan fingerprint density at radius 2 is 1.85 bits per heavy atom. The molecule has 1 aliphatic heterocycles. The summed E-state index contributed by atoms with van der Waals surface area (Å²) in [6.45, 7) is 4.37. The number of anilines is 1. The smallest absolute Gasteiger partial charge is 0.226 e. The molecular formula is C19H19ClN6O. The largest absolute Gasteiger partial charge is 0.345 e. The van der Waals surface area contributed by atoms with Gasteiger partial charge in [-0.3, -0.25) is 4.79 Å². The number of nitrogens with one attached hydrogen (secondary N) is 1. The molecule has 27 heavy (non-hydrogen) atoms. The van der Waals surface area contributed by atoms with Crippen LogP contribution in [0.3, 0.4) is 0 Å². The molecule has 1 N–H and O–H groups in total. The third-order valence-electron chi connectivity index (χ3n) is 4.65. The number of benzene rings is 1. The molecule has 1 fully saturated rings. The van der Waals surface area contributed by atoms with Crippen LogP contribution in [0.25, 0.3) is 22.6 Å². The lowest BCUT2D eigenvalue weighted by molar-refractivity contribution is -0.129. The summed E-state index contributed by atoms with van der Waals surface area (Å²) in [6.07, 6.45) is 5.27. The fraction of sp³-hybridized carbons (Fsp3) is 0.263. The van der Waals surface area contributed by atoms with E-state index in [-0.39, 0.29) is 5.91 Å². The van der Waals surface area contributed by atoms with Gasteiger partial charge in [0.25, 0.3) is 0 Å². The highest BCUT2D eigenvalue weighted by Gasteiger charge is 2.22. The second-order valence-corrected chi connectivity index (χ2v) is 6.81. The van der Waals surface area contributed by atoms with Gasteiger partial charge in [-0.05, 0) is 12.1 Å². The minimum absolute atomic E-state index is 0.102. The number of aromatic nitrogens is 4. The molecule has 0 saturated carbocycles. The summed E-state index contributed by atoms with van der Waals surface area (Å²) in [5.41, 5.74) is 2.56. The Balaban J connectivity index is 1.70. The lowest BCUT2D eigenvalue weighted by atomic mass is 10.1. The van der Waals surface area contributed by atoms with Crippen LogP contribution < -0.4 is 4.90 Å². The minimum atomic E-state index is 0.102. The minimum Gasteiger partial charge on any atom is -0.345 e. The maximum Gasteiger partial charge on any atom is 0.226 e. The zero-order chi connectivity index (χ0) is 18.8. The first kappa shape index (κ1) is 17.5. The van der Waals surface area contributed by atoms with Gasteiger partial charge in [-0.1, -0.05) is 23.7 Å². The van der Waals surface area contributed by atoms with Crippen molar-refractivity contribution in [3.8, 4) is 22.6 Å². The molecule has 3 aromatic rings.